The third kappa shape index (κ3) is 3.10. The number of nitrogens with zero attached hydrogens (tertiary/aromatic N) is 1. The Morgan fingerprint density at radius 3 is 2.72 bits per heavy atom. The van der Waals surface area contributed by atoms with Gasteiger partial charge in [0.25, 0.3) is 0 Å². The molecule has 1 aromatic rings. The summed E-state index contributed by atoms with van der Waals surface area (Å²) in [7, 11) is 0. The van der Waals surface area contributed by atoms with Gasteiger partial charge >= 0.3 is 0 Å². The van der Waals surface area contributed by atoms with E-state index >= 15 is 0 Å². The van der Waals surface area contributed by atoms with Gasteiger partial charge in [0, 0.05) is 6.04 Å². The monoisotopic (exact) mass is 286 g/mol. The Morgan fingerprint density at radius 2 is 2.06 bits per heavy atom. The number of hydrogen-bond acceptors (Lipinski definition) is 2. The van der Waals surface area contributed by atoms with Crippen molar-refractivity contribution < 1.29 is 0 Å². The SMILES string of the molecule is CCC1CCCCC1Nc1c(C)cc(Cl)nc1Cl. The molecule has 1 aromatic heterocycles. The maximum absolute atomic E-state index is 6.19. The van der Waals surface area contributed by atoms with E-state index < -0.39 is 0 Å². The van der Waals surface area contributed by atoms with Gasteiger partial charge in [-0.2, -0.15) is 0 Å². The minimum atomic E-state index is 0.457. The van der Waals surface area contributed by atoms with Crippen LogP contribution in [0.1, 0.15) is 44.6 Å². The molecule has 2 unspecified atom stereocenters. The maximum Gasteiger partial charge on any atom is 0.154 e. The number of nitrogens with one attached hydrogen (secondary N) is 1. The van der Waals surface area contributed by atoms with Crippen molar-refractivity contribution in [2.75, 3.05) is 5.32 Å². The number of hydrogen-bond donors (Lipinski definition) is 1. The molecule has 1 fully saturated rings. The summed E-state index contributed by atoms with van der Waals surface area (Å²) in [6.45, 7) is 4.28. The van der Waals surface area contributed by atoms with E-state index in [2.05, 4.69) is 17.2 Å². The summed E-state index contributed by atoms with van der Waals surface area (Å²) < 4.78 is 0. The average molecular weight is 287 g/mol. The van der Waals surface area contributed by atoms with Gasteiger partial charge in [-0.25, -0.2) is 4.98 Å². The van der Waals surface area contributed by atoms with Gasteiger partial charge in [-0.1, -0.05) is 49.4 Å². The van der Waals surface area contributed by atoms with Crippen LogP contribution < -0.4 is 5.32 Å². The molecule has 18 heavy (non-hydrogen) atoms. The summed E-state index contributed by atoms with van der Waals surface area (Å²) in [5.41, 5.74) is 2.02. The lowest BCUT2D eigenvalue weighted by molar-refractivity contribution is 0.317. The van der Waals surface area contributed by atoms with E-state index in [1.807, 2.05) is 13.0 Å². The first-order valence-corrected chi connectivity index (χ1v) is 7.46. The number of aromatic nitrogens is 1. The second kappa shape index (κ2) is 6.12. The zero-order valence-electron chi connectivity index (χ0n) is 11.0. The number of halogens is 2. The van der Waals surface area contributed by atoms with Crippen molar-refractivity contribution in [1.82, 2.24) is 4.98 Å². The Balaban J connectivity index is 2.17. The standard InChI is InChI=1S/C14H20Cl2N2/c1-3-10-6-4-5-7-11(10)17-13-9(2)8-12(15)18-14(13)16/h8,10-11,17H,3-7H2,1-2H3. The fourth-order valence-electron chi connectivity index (χ4n) is 2.84. The number of aryl methyl sites for hydroxylation is 1. The van der Waals surface area contributed by atoms with E-state index in [1.165, 1.54) is 32.1 Å². The average Bonchev–Trinajstić information content (AvgIpc) is 2.34. The lowest BCUT2D eigenvalue weighted by Crippen LogP contribution is -2.32. The molecule has 0 aliphatic heterocycles. The Kier molecular flexibility index (Phi) is 4.74. The topological polar surface area (TPSA) is 24.9 Å². The van der Waals surface area contributed by atoms with Crippen LogP contribution in [-0.2, 0) is 0 Å². The van der Waals surface area contributed by atoms with E-state index in [0.29, 0.717) is 16.3 Å². The zero-order chi connectivity index (χ0) is 13.1. The molecule has 0 saturated heterocycles. The quantitative estimate of drug-likeness (QED) is 0.784. The van der Waals surface area contributed by atoms with E-state index in [9.17, 15) is 0 Å². The first-order valence-electron chi connectivity index (χ1n) is 6.71. The van der Waals surface area contributed by atoms with Crippen molar-refractivity contribution in [3.05, 3.63) is 21.9 Å². The van der Waals surface area contributed by atoms with Crippen LogP contribution in [0, 0.1) is 12.8 Å². The molecular weight excluding hydrogens is 267 g/mol. The first-order chi connectivity index (χ1) is 8.61. The number of rotatable bonds is 3. The fourth-order valence-corrected chi connectivity index (χ4v) is 3.43. The van der Waals surface area contributed by atoms with Crippen molar-refractivity contribution >= 4 is 28.9 Å². The molecule has 0 amide bonds. The summed E-state index contributed by atoms with van der Waals surface area (Å²) in [5, 5.41) is 4.54. The molecule has 2 rings (SSSR count). The highest BCUT2D eigenvalue weighted by atomic mass is 35.5. The highest BCUT2D eigenvalue weighted by molar-refractivity contribution is 6.34. The molecule has 2 atom stereocenters. The van der Waals surface area contributed by atoms with E-state index in [4.69, 9.17) is 23.2 Å². The summed E-state index contributed by atoms with van der Waals surface area (Å²) in [6.07, 6.45) is 6.40. The highest BCUT2D eigenvalue weighted by Crippen LogP contribution is 2.33. The summed E-state index contributed by atoms with van der Waals surface area (Å²) in [6, 6.07) is 2.38. The van der Waals surface area contributed by atoms with Crippen molar-refractivity contribution in [1.29, 1.82) is 0 Å². The molecule has 1 N–H and O–H groups in total. The number of pyridine rings is 1. The van der Waals surface area contributed by atoms with Crippen LogP contribution >= 0.6 is 23.2 Å². The van der Waals surface area contributed by atoms with Gasteiger partial charge in [0.05, 0.1) is 5.69 Å². The van der Waals surface area contributed by atoms with Crippen LogP contribution in [0.4, 0.5) is 5.69 Å². The van der Waals surface area contributed by atoms with Gasteiger partial charge < -0.3 is 5.32 Å². The van der Waals surface area contributed by atoms with Gasteiger partial charge in [-0.05, 0) is 37.3 Å². The molecule has 0 bridgehead atoms. The second-order valence-electron chi connectivity index (χ2n) is 5.13. The molecule has 1 saturated carbocycles. The molecule has 0 aromatic carbocycles. The molecule has 4 heteroatoms. The van der Waals surface area contributed by atoms with Gasteiger partial charge in [0.2, 0.25) is 0 Å². The molecule has 0 spiro atoms. The van der Waals surface area contributed by atoms with Crippen LogP contribution in [-0.4, -0.2) is 11.0 Å². The van der Waals surface area contributed by atoms with Gasteiger partial charge in [-0.15, -0.1) is 0 Å². The van der Waals surface area contributed by atoms with E-state index in [1.54, 1.807) is 0 Å². The van der Waals surface area contributed by atoms with Crippen molar-refractivity contribution in [2.24, 2.45) is 5.92 Å². The second-order valence-corrected chi connectivity index (χ2v) is 5.88. The Morgan fingerprint density at radius 1 is 1.33 bits per heavy atom. The minimum absolute atomic E-state index is 0.457. The third-order valence-electron chi connectivity index (χ3n) is 3.90. The summed E-state index contributed by atoms with van der Waals surface area (Å²) >= 11 is 12.1. The van der Waals surface area contributed by atoms with Gasteiger partial charge in [0.15, 0.2) is 5.15 Å². The normalized spacial score (nSPS) is 24.0. The first kappa shape index (κ1) is 14.0. The fraction of sp³-hybridized carbons (Fsp3) is 0.643. The Bertz CT molecular complexity index is 397. The molecule has 100 valence electrons. The largest absolute Gasteiger partial charge is 0.379 e. The predicted molar refractivity (Wildman–Crippen MR) is 78.7 cm³/mol. The van der Waals surface area contributed by atoms with Crippen molar-refractivity contribution in [3.8, 4) is 0 Å². The zero-order valence-corrected chi connectivity index (χ0v) is 12.5. The van der Waals surface area contributed by atoms with Gasteiger partial charge in [0.1, 0.15) is 5.15 Å². The Hall–Kier alpha value is -0.470. The van der Waals surface area contributed by atoms with Crippen LogP contribution in [0.25, 0.3) is 0 Å². The maximum atomic E-state index is 6.19. The van der Waals surface area contributed by atoms with E-state index in [-0.39, 0.29) is 0 Å². The molecule has 2 nitrogen and oxygen atoms in total. The molecule has 1 aliphatic carbocycles. The lowest BCUT2D eigenvalue weighted by atomic mass is 9.83. The molecule has 0 radical (unpaired) electrons. The molecule has 1 aliphatic rings. The number of anilines is 1. The Labute approximate surface area is 119 Å². The van der Waals surface area contributed by atoms with Crippen LogP contribution in [0.15, 0.2) is 6.07 Å². The smallest absolute Gasteiger partial charge is 0.154 e. The van der Waals surface area contributed by atoms with Crippen LogP contribution in [0.3, 0.4) is 0 Å². The van der Waals surface area contributed by atoms with E-state index in [0.717, 1.165) is 17.2 Å². The van der Waals surface area contributed by atoms with Gasteiger partial charge in [-0.3, -0.25) is 0 Å². The lowest BCUT2D eigenvalue weighted by Gasteiger charge is -2.32. The van der Waals surface area contributed by atoms with Crippen molar-refractivity contribution in [2.45, 2.75) is 52.0 Å². The predicted octanol–water partition coefficient (Wildman–Crippen LogP) is 5.08. The highest BCUT2D eigenvalue weighted by Gasteiger charge is 2.24. The van der Waals surface area contributed by atoms with Crippen molar-refractivity contribution in [3.63, 3.8) is 0 Å². The molecular formula is C14H20Cl2N2. The van der Waals surface area contributed by atoms with Crippen LogP contribution in [0.2, 0.25) is 10.3 Å². The minimum Gasteiger partial charge on any atom is -0.379 e. The summed E-state index contributed by atoms with van der Waals surface area (Å²) in [4.78, 5) is 4.12. The van der Waals surface area contributed by atoms with Crippen LogP contribution in [0.5, 0.6) is 0 Å². The summed E-state index contributed by atoms with van der Waals surface area (Å²) in [5.74, 6) is 0.741. The third-order valence-corrected chi connectivity index (χ3v) is 4.37. The molecule has 1 heterocycles.